The minimum Gasteiger partial charge on any atom is -0.486 e. The van der Waals surface area contributed by atoms with Crippen LogP contribution in [0.1, 0.15) is 59.8 Å². The molecule has 0 radical (unpaired) electrons. The highest BCUT2D eigenvalue weighted by Crippen LogP contribution is 2.47. The van der Waals surface area contributed by atoms with E-state index >= 15 is 0 Å². The molecule has 5 rings (SSSR count). The molecule has 2 aliphatic rings. The molecular formula is C28H27ClN2O4. The van der Waals surface area contributed by atoms with Crippen molar-refractivity contribution in [2.75, 3.05) is 18.1 Å². The molecule has 0 aliphatic carbocycles. The molecule has 2 amide bonds. The molecular weight excluding hydrogens is 464 g/mol. The van der Waals surface area contributed by atoms with Gasteiger partial charge in [0.25, 0.3) is 5.91 Å². The summed E-state index contributed by atoms with van der Waals surface area (Å²) >= 11 is 6.70. The molecule has 0 bridgehead atoms. The van der Waals surface area contributed by atoms with Gasteiger partial charge < -0.3 is 15.2 Å². The van der Waals surface area contributed by atoms with Gasteiger partial charge in [-0.25, -0.2) is 0 Å². The van der Waals surface area contributed by atoms with E-state index in [-0.39, 0.29) is 11.3 Å². The molecule has 7 heteroatoms. The number of hydrogen-bond acceptors (Lipinski definition) is 4. The number of anilines is 1. The highest BCUT2D eigenvalue weighted by molar-refractivity contribution is 6.32. The van der Waals surface area contributed by atoms with Crippen LogP contribution in [0.2, 0.25) is 5.02 Å². The maximum absolute atomic E-state index is 13.9. The van der Waals surface area contributed by atoms with Crippen LogP contribution >= 0.6 is 11.6 Å². The zero-order valence-corrected chi connectivity index (χ0v) is 20.6. The van der Waals surface area contributed by atoms with Crippen LogP contribution in [0.5, 0.6) is 11.5 Å². The number of nitrogens with two attached hydrogens (primary N) is 1. The molecule has 0 aromatic heterocycles. The second kappa shape index (κ2) is 8.61. The van der Waals surface area contributed by atoms with Crippen molar-refractivity contribution in [3.63, 3.8) is 0 Å². The summed E-state index contributed by atoms with van der Waals surface area (Å²) < 4.78 is 11.5. The Morgan fingerprint density at radius 1 is 1.00 bits per heavy atom. The normalized spacial score (nSPS) is 19.3. The van der Waals surface area contributed by atoms with Crippen LogP contribution in [0.4, 0.5) is 5.69 Å². The lowest BCUT2D eigenvalue weighted by Crippen LogP contribution is -2.46. The van der Waals surface area contributed by atoms with E-state index in [0.717, 1.165) is 11.1 Å². The van der Waals surface area contributed by atoms with Gasteiger partial charge in [0.2, 0.25) is 5.91 Å². The van der Waals surface area contributed by atoms with Crippen LogP contribution in [0.25, 0.3) is 0 Å². The first-order valence-electron chi connectivity index (χ1n) is 11.6. The highest BCUT2D eigenvalue weighted by atomic mass is 35.5. The van der Waals surface area contributed by atoms with Gasteiger partial charge in [0.15, 0.2) is 11.5 Å². The fourth-order valence-corrected chi connectivity index (χ4v) is 5.43. The van der Waals surface area contributed by atoms with Gasteiger partial charge in [-0.05, 0) is 52.4 Å². The van der Waals surface area contributed by atoms with Gasteiger partial charge in [-0.1, -0.05) is 62.7 Å². The zero-order valence-electron chi connectivity index (χ0n) is 19.9. The Hall–Kier alpha value is -3.51. The van der Waals surface area contributed by atoms with Crippen molar-refractivity contribution < 1.29 is 19.1 Å². The maximum Gasteiger partial charge on any atom is 0.259 e. The van der Waals surface area contributed by atoms with Crippen molar-refractivity contribution in [3.8, 4) is 11.5 Å². The first-order chi connectivity index (χ1) is 16.7. The SMILES string of the molecule is CC(C)(C)c1ccc(N2C(=O)c3ccccc3C(C(N)=O)C2c2ccc3c(c2)OCCO3)cc1Cl. The predicted molar refractivity (Wildman–Crippen MR) is 136 cm³/mol. The standard InChI is InChI=1S/C28H27ClN2O4/c1-28(2,3)20-10-9-17(15-21(20)29)31-25(16-8-11-22-23(14-16)35-13-12-34-22)24(26(30)32)18-6-4-5-7-19(18)27(31)33/h4-11,14-15,24-25H,12-13H2,1-3H3,(H2,30,32). The van der Waals surface area contributed by atoms with E-state index < -0.39 is 17.9 Å². The summed E-state index contributed by atoms with van der Waals surface area (Å²) in [6.45, 7) is 7.14. The van der Waals surface area contributed by atoms with Crippen LogP contribution in [0.15, 0.2) is 60.7 Å². The third-order valence-electron chi connectivity index (χ3n) is 6.59. The lowest BCUT2D eigenvalue weighted by atomic mass is 9.78. The summed E-state index contributed by atoms with van der Waals surface area (Å²) in [5.41, 5.74) is 9.15. The van der Waals surface area contributed by atoms with Crippen LogP contribution in [-0.2, 0) is 10.2 Å². The summed E-state index contributed by atoms with van der Waals surface area (Å²) in [4.78, 5) is 28.5. The molecule has 2 heterocycles. The van der Waals surface area contributed by atoms with Crippen LogP contribution < -0.4 is 20.1 Å². The number of nitrogens with zero attached hydrogens (tertiary/aromatic N) is 1. The first kappa shape index (κ1) is 23.2. The monoisotopic (exact) mass is 490 g/mol. The number of fused-ring (bicyclic) bond motifs is 2. The van der Waals surface area contributed by atoms with E-state index in [1.54, 1.807) is 35.2 Å². The van der Waals surface area contributed by atoms with Gasteiger partial charge in [-0.3, -0.25) is 14.5 Å². The van der Waals surface area contributed by atoms with Gasteiger partial charge in [-0.15, -0.1) is 0 Å². The molecule has 2 aliphatic heterocycles. The van der Waals surface area contributed by atoms with E-state index in [2.05, 4.69) is 20.8 Å². The number of ether oxygens (including phenoxy) is 2. The molecule has 6 nitrogen and oxygen atoms in total. The molecule has 35 heavy (non-hydrogen) atoms. The summed E-state index contributed by atoms with van der Waals surface area (Å²) in [5, 5.41) is 0.554. The van der Waals surface area contributed by atoms with Crippen LogP contribution in [-0.4, -0.2) is 25.0 Å². The zero-order chi connectivity index (χ0) is 24.9. The molecule has 0 fully saturated rings. The Morgan fingerprint density at radius 3 is 2.40 bits per heavy atom. The lowest BCUT2D eigenvalue weighted by molar-refractivity contribution is -0.120. The molecule has 2 atom stereocenters. The third-order valence-corrected chi connectivity index (χ3v) is 6.90. The van der Waals surface area contributed by atoms with E-state index in [1.807, 2.05) is 30.3 Å². The summed E-state index contributed by atoms with van der Waals surface area (Å²) in [7, 11) is 0. The molecule has 0 saturated heterocycles. The molecule has 0 saturated carbocycles. The van der Waals surface area contributed by atoms with Crippen molar-refractivity contribution in [1.82, 2.24) is 0 Å². The number of carbonyl (C=O) groups is 2. The second-order valence-electron chi connectivity index (χ2n) is 9.90. The average molecular weight is 491 g/mol. The van der Waals surface area contributed by atoms with Crippen molar-refractivity contribution in [2.24, 2.45) is 5.73 Å². The molecule has 3 aromatic rings. The first-order valence-corrected chi connectivity index (χ1v) is 12.0. The summed E-state index contributed by atoms with van der Waals surface area (Å²) in [6, 6.07) is 17.5. The van der Waals surface area contributed by atoms with E-state index in [1.165, 1.54) is 0 Å². The number of primary amides is 1. The smallest absolute Gasteiger partial charge is 0.259 e. The quantitative estimate of drug-likeness (QED) is 0.534. The van der Waals surface area contributed by atoms with Crippen LogP contribution in [0.3, 0.4) is 0 Å². The van der Waals surface area contributed by atoms with Gasteiger partial charge >= 0.3 is 0 Å². The topological polar surface area (TPSA) is 81.9 Å². The number of amides is 2. The van der Waals surface area contributed by atoms with Crippen molar-refractivity contribution in [2.45, 2.75) is 38.1 Å². The van der Waals surface area contributed by atoms with Gasteiger partial charge in [0.1, 0.15) is 13.2 Å². The molecule has 2 N–H and O–H groups in total. The minimum atomic E-state index is -0.771. The molecule has 2 unspecified atom stereocenters. The number of benzene rings is 3. The van der Waals surface area contributed by atoms with Gasteiger partial charge in [-0.2, -0.15) is 0 Å². The van der Waals surface area contributed by atoms with Crippen molar-refractivity contribution in [1.29, 1.82) is 0 Å². The van der Waals surface area contributed by atoms with E-state index in [4.69, 9.17) is 26.8 Å². The Bertz CT molecular complexity index is 1330. The molecule has 3 aromatic carbocycles. The molecule has 0 spiro atoms. The Balaban J connectivity index is 1.72. The highest BCUT2D eigenvalue weighted by Gasteiger charge is 2.44. The van der Waals surface area contributed by atoms with Crippen molar-refractivity contribution >= 4 is 29.1 Å². The fourth-order valence-electron chi connectivity index (χ4n) is 4.97. The third kappa shape index (κ3) is 4.02. The number of hydrogen-bond donors (Lipinski definition) is 1. The predicted octanol–water partition coefficient (Wildman–Crippen LogP) is 5.38. The van der Waals surface area contributed by atoms with Gasteiger partial charge in [0.05, 0.1) is 12.0 Å². The largest absolute Gasteiger partial charge is 0.486 e. The minimum absolute atomic E-state index is 0.168. The van der Waals surface area contributed by atoms with Gasteiger partial charge in [0, 0.05) is 16.3 Å². The second-order valence-corrected chi connectivity index (χ2v) is 10.3. The number of carbonyl (C=O) groups excluding carboxylic acids is 2. The summed E-state index contributed by atoms with van der Waals surface area (Å²) in [6.07, 6.45) is 0. The van der Waals surface area contributed by atoms with E-state index in [0.29, 0.717) is 46.5 Å². The maximum atomic E-state index is 13.9. The van der Waals surface area contributed by atoms with E-state index in [9.17, 15) is 9.59 Å². The Kier molecular flexibility index (Phi) is 5.72. The average Bonchev–Trinajstić information content (AvgIpc) is 2.82. The number of rotatable bonds is 3. The van der Waals surface area contributed by atoms with Crippen LogP contribution in [0, 0.1) is 0 Å². The Morgan fingerprint density at radius 2 is 1.71 bits per heavy atom. The summed E-state index contributed by atoms with van der Waals surface area (Å²) in [5.74, 6) is -0.316. The number of halogens is 1. The lowest BCUT2D eigenvalue weighted by Gasteiger charge is -2.41. The van der Waals surface area contributed by atoms with Crippen molar-refractivity contribution in [3.05, 3.63) is 87.9 Å². The Labute approximate surface area is 209 Å². The fraction of sp³-hybridized carbons (Fsp3) is 0.286. The molecule has 180 valence electrons.